The minimum absolute atomic E-state index is 0.00231. The minimum atomic E-state index is -0.961. The number of hydrogen-bond donors (Lipinski definition) is 4. The van der Waals surface area contributed by atoms with Gasteiger partial charge in [-0.2, -0.15) is 0 Å². The lowest BCUT2D eigenvalue weighted by Gasteiger charge is -2.41. The number of amides is 1. The number of thioether (sulfide) groups is 1. The highest BCUT2D eigenvalue weighted by molar-refractivity contribution is 7.99. The molecule has 0 bridgehead atoms. The summed E-state index contributed by atoms with van der Waals surface area (Å²) in [6.45, 7) is 2.39. The third-order valence-electron chi connectivity index (χ3n) is 8.42. The predicted molar refractivity (Wildman–Crippen MR) is 182 cm³/mol. The number of carbonyl (C=O) groups excluding carboxylic acids is 1. The maximum Gasteiger partial charge on any atom is 0.335 e. The highest BCUT2D eigenvalue weighted by Gasteiger charge is 2.38. The number of aromatic carboxylic acids is 1. The fraction of sp³-hybridized carbons (Fsp3) is 0.289. The maximum absolute atomic E-state index is 12.3. The molecule has 1 fully saturated rings. The van der Waals surface area contributed by atoms with Crippen molar-refractivity contribution >= 4 is 29.6 Å². The van der Waals surface area contributed by atoms with Crippen molar-refractivity contribution in [2.75, 3.05) is 5.75 Å². The topological polar surface area (TPSA) is 142 Å². The number of rotatable bonds is 14. The van der Waals surface area contributed by atoms with Gasteiger partial charge in [0, 0.05) is 41.5 Å². The molecule has 4 atom stereocenters. The number of carboxylic acid groups (broad SMARTS) is 2. The summed E-state index contributed by atoms with van der Waals surface area (Å²) in [5, 5.41) is 30.5. The Morgan fingerprint density at radius 3 is 2.17 bits per heavy atom. The zero-order chi connectivity index (χ0) is 34.0. The number of carbonyl (C=O) groups is 3. The molecule has 0 aliphatic carbocycles. The van der Waals surface area contributed by atoms with Crippen LogP contribution in [0.5, 0.6) is 0 Å². The number of aliphatic hydroxyl groups is 1. The standard InChI is InChI=1S/C38H39NO8S/c1-24-33(23-48-31-19-17-28(18-20-31)37(44)45)46-38(47-36(24)27-11-9-25(22-40)10-12-27)29-15-13-26(14-16-29)32-6-3-2-5-30(32)21-39-34(41)7-4-8-35(42)43/h2-3,5-6,9-20,24,33,36,38,40H,4,7-8,21-23H2,1H3,(H,39,41)(H,42,43)(H,44,45). The predicted octanol–water partition coefficient (Wildman–Crippen LogP) is 7.00. The zero-order valence-electron chi connectivity index (χ0n) is 26.6. The van der Waals surface area contributed by atoms with Crippen molar-refractivity contribution in [1.29, 1.82) is 0 Å². The third kappa shape index (κ3) is 9.11. The maximum atomic E-state index is 12.3. The molecule has 1 saturated heterocycles. The van der Waals surface area contributed by atoms with E-state index in [4.69, 9.17) is 14.6 Å². The summed E-state index contributed by atoms with van der Waals surface area (Å²) in [4.78, 5) is 35.3. The molecule has 250 valence electrons. The van der Waals surface area contributed by atoms with Gasteiger partial charge < -0.3 is 30.1 Å². The Hall–Kier alpha value is -4.48. The molecule has 0 saturated carbocycles. The Kier molecular flexibility index (Phi) is 12.0. The second-order valence-electron chi connectivity index (χ2n) is 11.8. The lowest BCUT2D eigenvalue weighted by Crippen LogP contribution is -2.38. The van der Waals surface area contributed by atoms with Crippen LogP contribution in [-0.2, 0) is 32.2 Å². The van der Waals surface area contributed by atoms with Crippen LogP contribution in [0.25, 0.3) is 11.1 Å². The Labute approximate surface area is 283 Å². The third-order valence-corrected chi connectivity index (χ3v) is 9.52. The van der Waals surface area contributed by atoms with E-state index >= 15 is 0 Å². The van der Waals surface area contributed by atoms with Gasteiger partial charge in [-0.15, -0.1) is 11.8 Å². The summed E-state index contributed by atoms with van der Waals surface area (Å²) < 4.78 is 13.2. The van der Waals surface area contributed by atoms with Crippen LogP contribution in [-0.4, -0.2) is 45.0 Å². The average molecular weight is 670 g/mol. The molecule has 4 unspecified atom stereocenters. The van der Waals surface area contributed by atoms with Crippen LogP contribution < -0.4 is 5.32 Å². The molecule has 4 aromatic rings. The van der Waals surface area contributed by atoms with E-state index in [2.05, 4.69) is 12.2 Å². The number of aliphatic hydroxyl groups excluding tert-OH is 1. The van der Waals surface area contributed by atoms with E-state index in [-0.39, 0.29) is 49.0 Å². The Morgan fingerprint density at radius 1 is 0.812 bits per heavy atom. The summed E-state index contributed by atoms with van der Waals surface area (Å²) in [5.74, 6) is -1.43. The van der Waals surface area contributed by atoms with Gasteiger partial charge in [0.25, 0.3) is 0 Å². The monoisotopic (exact) mass is 669 g/mol. The van der Waals surface area contributed by atoms with Crippen LogP contribution in [0.1, 0.15) is 71.2 Å². The summed E-state index contributed by atoms with van der Waals surface area (Å²) >= 11 is 1.60. The number of nitrogens with one attached hydrogen (secondary N) is 1. The fourth-order valence-corrected chi connectivity index (χ4v) is 6.71. The van der Waals surface area contributed by atoms with Gasteiger partial charge in [0.05, 0.1) is 24.4 Å². The summed E-state index contributed by atoms with van der Waals surface area (Å²) in [6, 6.07) is 30.4. The van der Waals surface area contributed by atoms with Gasteiger partial charge in [-0.1, -0.05) is 79.7 Å². The second kappa shape index (κ2) is 16.6. The Bertz CT molecular complexity index is 1690. The summed E-state index contributed by atoms with van der Waals surface area (Å²) in [6.07, 6.45) is -0.680. The number of ether oxygens (including phenoxy) is 2. The zero-order valence-corrected chi connectivity index (χ0v) is 27.4. The molecule has 1 aliphatic rings. The smallest absolute Gasteiger partial charge is 0.335 e. The molecule has 10 heteroatoms. The van der Waals surface area contributed by atoms with Crippen LogP contribution in [0.3, 0.4) is 0 Å². The van der Waals surface area contributed by atoms with Crippen LogP contribution in [0.2, 0.25) is 0 Å². The van der Waals surface area contributed by atoms with Gasteiger partial charge in [-0.05, 0) is 58.5 Å². The van der Waals surface area contributed by atoms with Gasteiger partial charge in [0.2, 0.25) is 5.91 Å². The van der Waals surface area contributed by atoms with Gasteiger partial charge in [-0.3, -0.25) is 9.59 Å². The molecule has 1 amide bonds. The first kappa shape index (κ1) is 34.8. The summed E-state index contributed by atoms with van der Waals surface area (Å²) in [7, 11) is 0. The van der Waals surface area contributed by atoms with Gasteiger partial charge in [0.1, 0.15) is 0 Å². The first-order valence-corrected chi connectivity index (χ1v) is 16.8. The van der Waals surface area contributed by atoms with Crippen LogP contribution in [0, 0.1) is 5.92 Å². The highest BCUT2D eigenvalue weighted by Crippen LogP contribution is 2.43. The lowest BCUT2D eigenvalue weighted by molar-refractivity contribution is -0.268. The molecule has 4 aromatic carbocycles. The number of aliphatic carboxylic acids is 1. The molecule has 1 aliphatic heterocycles. The number of carboxylic acids is 2. The Balaban J connectivity index is 1.32. The molecule has 1 heterocycles. The number of hydrogen-bond acceptors (Lipinski definition) is 7. The first-order chi connectivity index (χ1) is 23.2. The van der Waals surface area contributed by atoms with Gasteiger partial charge >= 0.3 is 11.9 Å². The van der Waals surface area contributed by atoms with E-state index in [1.807, 2.05) is 84.9 Å². The van der Waals surface area contributed by atoms with E-state index in [1.165, 1.54) is 0 Å². The van der Waals surface area contributed by atoms with Crippen molar-refractivity contribution < 1.29 is 39.2 Å². The molecule has 0 spiro atoms. The van der Waals surface area contributed by atoms with E-state index in [0.29, 0.717) is 18.7 Å². The molecule has 0 radical (unpaired) electrons. The number of benzene rings is 4. The molecule has 48 heavy (non-hydrogen) atoms. The molecule has 0 aromatic heterocycles. The van der Waals surface area contributed by atoms with E-state index in [1.54, 1.807) is 23.9 Å². The minimum Gasteiger partial charge on any atom is -0.481 e. The average Bonchev–Trinajstić information content (AvgIpc) is 3.10. The van der Waals surface area contributed by atoms with E-state index in [0.717, 1.165) is 38.3 Å². The SMILES string of the molecule is CC1C(CSc2ccc(C(=O)O)cc2)OC(c2ccc(-c3ccccc3CNC(=O)CCCC(=O)O)cc2)OC1c1ccc(CO)cc1. The molecular formula is C38H39NO8S. The molecular weight excluding hydrogens is 630 g/mol. The largest absolute Gasteiger partial charge is 0.481 e. The highest BCUT2D eigenvalue weighted by atomic mass is 32.2. The lowest BCUT2D eigenvalue weighted by atomic mass is 9.91. The summed E-state index contributed by atoms with van der Waals surface area (Å²) in [5.41, 5.74) is 5.78. The van der Waals surface area contributed by atoms with E-state index < -0.39 is 18.2 Å². The van der Waals surface area contributed by atoms with E-state index in [9.17, 15) is 24.6 Å². The van der Waals surface area contributed by atoms with Crippen LogP contribution >= 0.6 is 11.8 Å². The van der Waals surface area contributed by atoms with Gasteiger partial charge in [-0.25, -0.2) is 4.79 Å². The van der Waals surface area contributed by atoms with Crippen molar-refractivity contribution in [2.24, 2.45) is 5.92 Å². The van der Waals surface area contributed by atoms with Crippen molar-refractivity contribution in [3.8, 4) is 11.1 Å². The molecule has 5 rings (SSSR count). The Morgan fingerprint density at radius 2 is 1.50 bits per heavy atom. The molecule has 4 N–H and O–H groups in total. The molecule has 9 nitrogen and oxygen atoms in total. The fourth-order valence-electron chi connectivity index (χ4n) is 5.64. The first-order valence-electron chi connectivity index (χ1n) is 15.9. The van der Waals surface area contributed by atoms with Crippen LogP contribution in [0.4, 0.5) is 0 Å². The van der Waals surface area contributed by atoms with Crippen molar-refractivity contribution in [2.45, 2.75) is 62.7 Å². The normalized spacial score (nSPS) is 19.0. The second-order valence-corrected chi connectivity index (χ2v) is 12.9. The van der Waals surface area contributed by atoms with Crippen LogP contribution in [0.15, 0.2) is 102 Å². The van der Waals surface area contributed by atoms with Crippen molar-refractivity contribution in [1.82, 2.24) is 5.32 Å². The quantitative estimate of drug-likeness (QED) is 0.104. The van der Waals surface area contributed by atoms with Crippen molar-refractivity contribution in [3.63, 3.8) is 0 Å². The van der Waals surface area contributed by atoms with Gasteiger partial charge in [0.15, 0.2) is 6.29 Å². The van der Waals surface area contributed by atoms with Crippen molar-refractivity contribution in [3.05, 3.63) is 125 Å².